The number of carbonyl (C=O) groups excluding carboxylic acids is 1. The second-order valence-electron chi connectivity index (χ2n) is 4.96. The molecule has 7 heteroatoms. The lowest BCUT2D eigenvalue weighted by molar-refractivity contribution is -0.384. The number of anilines is 1. The van der Waals surface area contributed by atoms with Crippen molar-refractivity contribution in [2.45, 2.75) is 31.9 Å². The summed E-state index contributed by atoms with van der Waals surface area (Å²) in [7, 11) is 1.67. The van der Waals surface area contributed by atoms with E-state index in [1.165, 1.54) is 18.2 Å². The van der Waals surface area contributed by atoms with Crippen LogP contribution in [-0.2, 0) is 4.74 Å². The Kier molecular flexibility index (Phi) is 4.74. The van der Waals surface area contributed by atoms with Crippen LogP contribution in [0.25, 0.3) is 0 Å². The minimum atomic E-state index is -0.509. The Morgan fingerprint density at radius 3 is 2.76 bits per heavy atom. The van der Waals surface area contributed by atoms with E-state index in [2.05, 4.69) is 10.6 Å². The van der Waals surface area contributed by atoms with Crippen molar-refractivity contribution in [3.05, 3.63) is 33.9 Å². The first kappa shape index (κ1) is 15.2. The van der Waals surface area contributed by atoms with Crippen LogP contribution >= 0.6 is 0 Å². The highest BCUT2D eigenvalue weighted by Crippen LogP contribution is 2.26. The number of hydrogen-bond acceptors (Lipinski definition) is 5. The average Bonchev–Trinajstić information content (AvgIpc) is 2.44. The van der Waals surface area contributed by atoms with Gasteiger partial charge in [-0.1, -0.05) is 0 Å². The molecule has 1 aliphatic carbocycles. The fourth-order valence-electron chi connectivity index (χ4n) is 2.37. The van der Waals surface area contributed by atoms with Gasteiger partial charge in [-0.2, -0.15) is 0 Å². The third-order valence-corrected chi connectivity index (χ3v) is 3.56. The molecule has 0 radical (unpaired) electrons. The number of rotatable bonds is 6. The van der Waals surface area contributed by atoms with Crippen LogP contribution in [0, 0.1) is 10.1 Å². The summed E-state index contributed by atoms with van der Waals surface area (Å²) in [4.78, 5) is 22.6. The quantitative estimate of drug-likeness (QED) is 0.617. The number of benzene rings is 1. The molecule has 2 N–H and O–H groups in total. The number of ether oxygens (including phenoxy) is 1. The molecule has 0 heterocycles. The van der Waals surface area contributed by atoms with Gasteiger partial charge in [0.2, 0.25) is 0 Å². The number of nitrogens with zero attached hydrogens (tertiary/aromatic N) is 1. The summed E-state index contributed by atoms with van der Waals surface area (Å²) in [5.74, 6) is -0.303. The topological polar surface area (TPSA) is 93.5 Å². The van der Waals surface area contributed by atoms with E-state index in [4.69, 9.17) is 4.74 Å². The fourth-order valence-corrected chi connectivity index (χ4v) is 2.37. The monoisotopic (exact) mass is 293 g/mol. The van der Waals surface area contributed by atoms with Gasteiger partial charge < -0.3 is 15.4 Å². The largest absolute Gasteiger partial charge is 0.387 e. The molecule has 1 aliphatic rings. The molecule has 0 unspecified atom stereocenters. The standard InChI is InChI=1S/C14H19N3O4/c1-3-21-11-6-9(7-11)16-14(18)12-8-10(17(19)20)4-5-13(12)15-2/h4-5,8-9,11,15H,3,6-7H2,1-2H3,(H,16,18). The van der Waals surface area contributed by atoms with Crippen molar-refractivity contribution >= 4 is 17.3 Å². The van der Waals surface area contributed by atoms with Crippen LogP contribution in [0.2, 0.25) is 0 Å². The lowest BCUT2D eigenvalue weighted by atomic mass is 9.89. The number of carbonyl (C=O) groups is 1. The van der Waals surface area contributed by atoms with Gasteiger partial charge in [-0.25, -0.2) is 0 Å². The summed E-state index contributed by atoms with van der Waals surface area (Å²) in [5, 5.41) is 16.6. The molecule has 0 spiro atoms. The smallest absolute Gasteiger partial charge is 0.270 e. The predicted molar refractivity (Wildman–Crippen MR) is 78.5 cm³/mol. The Bertz CT molecular complexity index is 541. The SMILES string of the molecule is CCOC1CC(NC(=O)c2cc([N+](=O)[O-])ccc2NC)C1. The van der Waals surface area contributed by atoms with Crippen LogP contribution in [-0.4, -0.2) is 36.6 Å². The first-order valence-corrected chi connectivity index (χ1v) is 6.93. The maximum Gasteiger partial charge on any atom is 0.270 e. The van der Waals surface area contributed by atoms with Gasteiger partial charge in [0.05, 0.1) is 16.6 Å². The first-order chi connectivity index (χ1) is 10.0. The van der Waals surface area contributed by atoms with Crippen molar-refractivity contribution in [1.82, 2.24) is 5.32 Å². The average molecular weight is 293 g/mol. The van der Waals surface area contributed by atoms with E-state index < -0.39 is 4.92 Å². The second kappa shape index (κ2) is 6.53. The van der Waals surface area contributed by atoms with E-state index in [9.17, 15) is 14.9 Å². The number of amides is 1. The second-order valence-corrected chi connectivity index (χ2v) is 4.96. The van der Waals surface area contributed by atoms with Crippen molar-refractivity contribution in [3.8, 4) is 0 Å². The summed E-state index contributed by atoms with van der Waals surface area (Å²) < 4.78 is 5.44. The zero-order valence-corrected chi connectivity index (χ0v) is 12.1. The molecular weight excluding hydrogens is 274 g/mol. The van der Waals surface area contributed by atoms with Crippen LogP contribution in [0.1, 0.15) is 30.1 Å². The summed E-state index contributed by atoms with van der Waals surface area (Å²) >= 11 is 0. The molecule has 7 nitrogen and oxygen atoms in total. The Balaban J connectivity index is 2.05. The highest BCUT2D eigenvalue weighted by Gasteiger charge is 2.31. The Morgan fingerprint density at radius 1 is 1.48 bits per heavy atom. The number of hydrogen-bond donors (Lipinski definition) is 2. The minimum absolute atomic E-state index is 0.0676. The number of nitro groups is 1. The minimum Gasteiger partial charge on any atom is -0.387 e. The van der Waals surface area contributed by atoms with Crippen LogP contribution in [0.5, 0.6) is 0 Å². The van der Waals surface area contributed by atoms with Gasteiger partial charge in [-0.15, -0.1) is 0 Å². The van der Waals surface area contributed by atoms with Gasteiger partial charge >= 0.3 is 0 Å². The molecule has 1 fully saturated rings. The van der Waals surface area contributed by atoms with Gasteiger partial charge in [0.1, 0.15) is 0 Å². The molecule has 0 bridgehead atoms. The molecule has 2 rings (SSSR count). The highest BCUT2D eigenvalue weighted by molar-refractivity contribution is 6.00. The van der Waals surface area contributed by atoms with Crippen molar-refractivity contribution in [3.63, 3.8) is 0 Å². The Labute approximate surface area is 122 Å². The van der Waals surface area contributed by atoms with Crippen molar-refractivity contribution in [2.24, 2.45) is 0 Å². The molecule has 1 aromatic rings. The molecular formula is C14H19N3O4. The Morgan fingerprint density at radius 2 is 2.19 bits per heavy atom. The van der Waals surface area contributed by atoms with Crippen molar-refractivity contribution < 1.29 is 14.5 Å². The summed E-state index contributed by atoms with van der Waals surface area (Å²) in [5.41, 5.74) is 0.755. The van der Waals surface area contributed by atoms with Gasteiger partial charge in [0, 0.05) is 37.5 Å². The van der Waals surface area contributed by atoms with Crippen LogP contribution in [0.4, 0.5) is 11.4 Å². The molecule has 1 saturated carbocycles. The summed E-state index contributed by atoms with van der Waals surface area (Å²) in [6, 6.07) is 4.27. The van der Waals surface area contributed by atoms with E-state index in [0.29, 0.717) is 12.3 Å². The van der Waals surface area contributed by atoms with Crippen LogP contribution in [0.3, 0.4) is 0 Å². The number of non-ortho nitro benzene ring substituents is 1. The predicted octanol–water partition coefficient (Wildman–Crippen LogP) is 1.93. The summed E-state index contributed by atoms with van der Waals surface area (Å²) in [6.45, 7) is 2.61. The number of nitro benzene ring substituents is 1. The first-order valence-electron chi connectivity index (χ1n) is 6.93. The fraction of sp³-hybridized carbons (Fsp3) is 0.500. The molecule has 114 valence electrons. The van der Waals surface area contributed by atoms with Gasteiger partial charge in [0.25, 0.3) is 11.6 Å². The van der Waals surface area contributed by atoms with Gasteiger partial charge in [0.15, 0.2) is 0 Å². The van der Waals surface area contributed by atoms with Crippen LogP contribution in [0.15, 0.2) is 18.2 Å². The molecule has 0 aliphatic heterocycles. The third-order valence-electron chi connectivity index (χ3n) is 3.56. The van der Waals surface area contributed by atoms with E-state index in [0.717, 1.165) is 12.8 Å². The maximum atomic E-state index is 12.3. The van der Waals surface area contributed by atoms with E-state index in [1.54, 1.807) is 7.05 Å². The normalized spacial score (nSPS) is 20.5. The molecule has 1 amide bonds. The zero-order chi connectivity index (χ0) is 15.4. The van der Waals surface area contributed by atoms with Gasteiger partial charge in [-0.3, -0.25) is 14.9 Å². The van der Waals surface area contributed by atoms with Crippen LogP contribution < -0.4 is 10.6 Å². The Hall–Kier alpha value is -2.15. The molecule has 0 aromatic heterocycles. The summed E-state index contributed by atoms with van der Waals surface area (Å²) in [6.07, 6.45) is 1.77. The third kappa shape index (κ3) is 3.49. The van der Waals surface area contributed by atoms with E-state index >= 15 is 0 Å². The number of nitrogens with one attached hydrogen (secondary N) is 2. The van der Waals surface area contributed by atoms with Crippen molar-refractivity contribution in [1.29, 1.82) is 0 Å². The van der Waals surface area contributed by atoms with E-state index in [1.807, 2.05) is 6.92 Å². The molecule has 1 aromatic carbocycles. The molecule has 21 heavy (non-hydrogen) atoms. The maximum absolute atomic E-state index is 12.3. The van der Waals surface area contributed by atoms with Crippen molar-refractivity contribution in [2.75, 3.05) is 19.0 Å². The lowest BCUT2D eigenvalue weighted by Crippen LogP contribution is -2.47. The van der Waals surface area contributed by atoms with Gasteiger partial charge in [-0.05, 0) is 25.8 Å². The molecule has 0 atom stereocenters. The highest BCUT2D eigenvalue weighted by atomic mass is 16.6. The van der Waals surface area contributed by atoms with E-state index in [-0.39, 0.29) is 29.3 Å². The molecule has 0 saturated heterocycles. The zero-order valence-electron chi connectivity index (χ0n) is 12.1. The lowest BCUT2D eigenvalue weighted by Gasteiger charge is -2.35.